The van der Waals surface area contributed by atoms with Crippen molar-refractivity contribution in [1.29, 1.82) is 0 Å². The van der Waals surface area contributed by atoms with E-state index >= 15 is 0 Å². The molecule has 0 amide bonds. The smallest absolute Gasteiger partial charge is 0.287 e. The number of pyridine rings is 1. The van der Waals surface area contributed by atoms with Crippen LogP contribution in [0.15, 0.2) is 42.5 Å². The van der Waals surface area contributed by atoms with Crippen molar-refractivity contribution in [3.63, 3.8) is 0 Å². The van der Waals surface area contributed by atoms with Crippen molar-refractivity contribution in [2.75, 3.05) is 0 Å². The fraction of sp³-hybridized carbons (Fsp3) is 0.0769. The summed E-state index contributed by atoms with van der Waals surface area (Å²) in [6.07, 6.45) is -4.66. The Bertz CT molecular complexity index is 611. The van der Waals surface area contributed by atoms with Crippen molar-refractivity contribution in [2.45, 2.75) is 6.18 Å². The highest BCUT2D eigenvalue weighted by atomic mass is 35.5. The molecule has 2 aromatic rings. The highest BCUT2D eigenvalue weighted by Crippen LogP contribution is 2.32. The van der Waals surface area contributed by atoms with Crippen LogP contribution in [0, 0.1) is 0 Å². The first-order chi connectivity index (χ1) is 8.89. The van der Waals surface area contributed by atoms with Crippen molar-refractivity contribution >= 4 is 17.4 Å². The van der Waals surface area contributed by atoms with Crippen LogP contribution in [0.3, 0.4) is 0 Å². The first-order valence-electron chi connectivity index (χ1n) is 5.23. The number of carbonyl (C=O) groups is 1. The molecule has 1 aromatic carbocycles. The van der Waals surface area contributed by atoms with Crippen molar-refractivity contribution in [2.24, 2.45) is 0 Å². The van der Waals surface area contributed by atoms with Gasteiger partial charge in [-0.1, -0.05) is 41.9 Å². The summed E-state index contributed by atoms with van der Waals surface area (Å²) in [4.78, 5) is 15.6. The molecule has 0 spiro atoms. The van der Waals surface area contributed by atoms with Gasteiger partial charge in [0.1, 0.15) is 10.8 Å². The molecule has 1 aromatic heterocycles. The molecule has 19 heavy (non-hydrogen) atoms. The molecule has 0 unspecified atom stereocenters. The van der Waals surface area contributed by atoms with Gasteiger partial charge in [-0.2, -0.15) is 13.2 Å². The van der Waals surface area contributed by atoms with E-state index in [0.717, 1.165) is 12.1 Å². The largest absolute Gasteiger partial charge is 0.418 e. The number of halogens is 4. The van der Waals surface area contributed by atoms with Crippen LogP contribution in [-0.2, 0) is 6.18 Å². The second-order valence-corrected chi connectivity index (χ2v) is 4.11. The average Bonchev–Trinajstić information content (AvgIpc) is 2.37. The van der Waals surface area contributed by atoms with Crippen LogP contribution >= 0.6 is 11.6 Å². The first-order valence-corrected chi connectivity index (χ1v) is 5.61. The molecule has 98 valence electrons. The molecule has 0 fully saturated rings. The number of hydrogen-bond donors (Lipinski definition) is 0. The summed E-state index contributed by atoms with van der Waals surface area (Å²) in [6, 6.07) is 9.39. The zero-order valence-electron chi connectivity index (χ0n) is 9.41. The van der Waals surface area contributed by atoms with Crippen molar-refractivity contribution in [1.82, 2.24) is 4.98 Å². The predicted molar refractivity (Wildman–Crippen MR) is 64.1 cm³/mol. The van der Waals surface area contributed by atoms with Crippen LogP contribution in [0.4, 0.5) is 13.2 Å². The van der Waals surface area contributed by atoms with Crippen LogP contribution in [0.1, 0.15) is 21.6 Å². The summed E-state index contributed by atoms with van der Waals surface area (Å²) >= 11 is 5.57. The van der Waals surface area contributed by atoms with Crippen LogP contribution in [0.25, 0.3) is 0 Å². The molecular formula is C13H7ClF3NO. The molecule has 0 bridgehead atoms. The Kier molecular flexibility index (Phi) is 3.57. The molecule has 0 aliphatic carbocycles. The van der Waals surface area contributed by atoms with Gasteiger partial charge in [0.15, 0.2) is 0 Å². The van der Waals surface area contributed by atoms with E-state index in [1.165, 1.54) is 12.1 Å². The third kappa shape index (κ3) is 2.93. The van der Waals surface area contributed by atoms with Gasteiger partial charge < -0.3 is 0 Å². The Morgan fingerprint density at radius 2 is 1.68 bits per heavy atom. The predicted octanol–water partition coefficient (Wildman–Crippen LogP) is 3.98. The topological polar surface area (TPSA) is 30.0 Å². The second-order valence-electron chi connectivity index (χ2n) is 3.72. The van der Waals surface area contributed by atoms with Gasteiger partial charge in [-0.3, -0.25) is 4.79 Å². The van der Waals surface area contributed by atoms with Crippen LogP contribution in [-0.4, -0.2) is 10.8 Å². The molecule has 0 radical (unpaired) electrons. The van der Waals surface area contributed by atoms with Gasteiger partial charge >= 0.3 is 6.18 Å². The summed E-state index contributed by atoms with van der Waals surface area (Å²) in [5.74, 6) is -0.810. The van der Waals surface area contributed by atoms with Gasteiger partial charge in [-0.05, 0) is 12.1 Å². The van der Waals surface area contributed by atoms with Gasteiger partial charge in [0.05, 0.1) is 5.56 Å². The maximum Gasteiger partial charge on any atom is 0.418 e. The zero-order valence-corrected chi connectivity index (χ0v) is 10.2. The second kappa shape index (κ2) is 5.01. The summed E-state index contributed by atoms with van der Waals surface area (Å²) in [5.41, 5.74) is -1.65. The lowest BCUT2D eigenvalue weighted by Crippen LogP contribution is -2.15. The minimum absolute atomic E-state index is 0.128. The molecule has 0 saturated heterocycles. The molecule has 2 rings (SSSR count). The van der Waals surface area contributed by atoms with E-state index in [9.17, 15) is 18.0 Å². The van der Waals surface area contributed by atoms with E-state index in [1.54, 1.807) is 18.2 Å². The fourth-order valence-electron chi connectivity index (χ4n) is 1.56. The Morgan fingerprint density at radius 3 is 2.26 bits per heavy atom. The van der Waals surface area contributed by atoms with Crippen LogP contribution in [0.2, 0.25) is 5.15 Å². The highest BCUT2D eigenvalue weighted by Gasteiger charge is 2.36. The molecule has 0 aliphatic heterocycles. The minimum Gasteiger partial charge on any atom is -0.287 e. The van der Waals surface area contributed by atoms with Crippen LogP contribution < -0.4 is 0 Å². The molecule has 2 nitrogen and oxygen atoms in total. The first kappa shape index (κ1) is 13.5. The van der Waals surface area contributed by atoms with Gasteiger partial charge in [0, 0.05) is 5.56 Å². The number of benzene rings is 1. The SMILES string of the molecule is O=C(c1ccccc1)c1nc(Cl)ccc1C(F)(F)F. The molecule has 6 heteroatoms. The van der Waals surface area contributed by atoms with Gasteiger partial charge in [0.25, 0.3) is 0 Å². The van der Waals surface area contributed by atoms with E-state index in [0.29, 0.717) is 0 Å². The number of carbonyl (C=O) groups excluding carboxylic acids is 1. The minimum atomic E-state index is -4.66. The molecule has 0 N–H and O–H groups in total. The highest BCUT2D eigenvalue weighted by molar-refractivity contribution is 6.29. The van der Waals surface area contributed by atoms with Crippen molar-refractivity contribution in [3.05, 3.63) is 64.4 Å². The molecule has 0 aliphatic rings. The number of hydrogen-bond acceptors (Lipinski definition) is 2. The van der Waals surface area contributed by atoms with E-state index < -0.39 is 23.2 Å². The fourth-order valence-corrected chi connectivity index (χ4v) is 1.71. The molecule has 1 heterocycles. The summed E-state index contributed by atoms with van der Waals surface area (Å²) in [6.45, 7) is 0. The van der Waals surface area contributed by atoms with Gasteiger partial charge in [-0.15, -0.1) is 0 Å². The van der Waals surface area contributed by atoms with E-state index in [-0.39, 0.29) is 10.7 Å². The van der Waals surface area contributed by atoms with Crippen molar-refractivity contribution in [3.8, 4) is 0 Å². The molecular weight excluding hydrogens is 279 g/mol. The van der Waals surface area contributed by atoms with Crippen LogP contribution in [0.5, 0.6) is 0 Å². The van der Waals surface area contributed by atoms with Gasteiger partial charge in [0.2, 0.25) is 5.78 Å². The maximum absolute atomic E-state index is 12.8. The Morgan fingerprint density at radius 1 is 1.05 bits per heavy atom. The van der Waals surface area contributed by atoms with E-state index in [1.807, 2.05) is 0 Å². The third-order valence-corrected chi connectivity index (χ3v) is 2.63. The zero-order chi connectivity index (χ0) is 14.0. The third-order valence-electron chi connectivity index (χ3n) is 2.42. The number of ketones is 1. The lowest BCUT2D eigenvalue weighted by molar-refractivity contribution is -0.138. The monoisotopic (exact) mass is 285 g/mol. The Labute approximate surface area is 111 Å². The number of aromatic nitrogens is 1. The lowest BCUT2D eigenvalue weighted by atomic mass is 10.0. The molecule has 0 atom stereocenters. The van der Waals surface area contributed by atoms with E-state index in [2.05, 4.69) is 4.98 Å². The van der Waals surface area contributed by atoms with Crippen molar-refractivity contribution < 1.29 is 18.0 Å². The summed E-state index contributed by atoms with van der Waals surface area (Å²) in [7, 11) is 0. The van der Waals surface area contributed by atoms with Gasteiger partial charge in [-0.25, -0.2) is 4.98 Å². The summed E-state index contributed by atoms with van der Waals surface area (Å²) < 4.78 is 38.5. The average molecular weight is 286 g/mol. The van der Waals surface area contributed by atoms with E-state index in [4.69, 9.17) is 11.6 Å². The Balaban J connectivity index is 2.56. The standard InChI is InChI=1S/C13H7ClF3NO/c14-10-7-6-9(13(15,16)17)11(18-10)12(19)8-4-2-1-3-5-8/h1-7H. The number of rotatable bonds is 2. The maximum atomic E-state index is 12.8. The Hall–Kier alpha value is -1.88. The lowest BCUT2D eigenvalue weighted by Gasteiger charge is -2.11. The quantitative estimate of drug-likeness (QED) is 0.617. The number of nitrogens with zero attached hydrogens (tertiary/aromatic N) is 1. The normalized spacial score (nSPS) is 11.4. The summed E-state index contributed by atoms with van der Waals surface area (Å²) in [5, 5.41) is -0.160. The number of alkyl halides is 3. The molecule has 0 saturated carbocycles.